The summed E-state index contributed by atoms with van der Waals surface area (Å²) in [6.45, 7) is 3.30. The number of amides is 1. The summed E-state index contributed by atoms with van der Waals surface area (Å²) in [7, 11) is -1.04. The maximum absolute atomic E-state index is 13.7. The average Bonchev–Trinajstić information content (AvgIpc) is 3.06. The minimum atomic E-state index is -1.04. The Morgan fingerprint density at radius 3 is 2.19 bits per heavy atom. The van der Waals surface area contributed by atoms with E-state index < -0.39 is 16.8 Å². The number of phenolic OH excluding ortho intramolecular Hbond substituents is 1. The Balaban J connectivity index is 0.000000275. The predicted octanol–water partition coefficient (Wildman–Crippen LogP) is 5.72. The van der Waals surface area contributed by atoms with Gasteiger partial charge in [-0.1, -0.05) is 18.2 Å². The first-order valence-corrected chi connectivity index (χ1v) is 12.5. The molecule has 3 N–H and O–H groups in total. The highest BCUT2D eigenvalue weighted by atomic mass is 32.2. The van der Waals surface area contributed by atoms with E-state index in [9.17, 15) is 18.2 Å². The summed E-state index contributed by atoms with van der Waals surface area (Å²) in [5, 5.41) is 20.6. The summed E-state index contributed by atoms with van der Waals surface area (Å²) in [4.78, 5) is 22.5. The topological polar surface area (TPSA) is 104 Å². The zero-order valence-corrected chi connectivity index (χ0v) is 20.9. The normalized spacial score (nSPS) is 14.1. The van der Waals surface area contributed by atoms with Gasteiger partial charge in [-0.05, 0) is 94.9 Å². The summed E-state index contributed by atoms with van der Waals surface area (Å²) in [5.41, 5.74) is 5.43. The molecule has 0 radical (unpaired) electrons. The van der Waals surface area contributed by atoms with Gasteiger partial charge in [0.05, 0.1) is 6.42 Å². The Labute approximate surface area is 211 Å². The lowest BCUT2D eigenvalue weighted by atomic mass is 10.0. The zero-order chi connectivity index (χ0) is 26.4. The maximum Gasteiger partial charge on any atom is 0.307 e. The number of hydrogen-bond donors (Lipinski definition) is 3. The molecule has 1 unspecified atom stereocenters. The van der Waals surface area contributed by atoms with Gasteiger partial charge < -0.3 is 15.5 Å². The van der Waals surface area contributed by atoms with Crippen molar-refractivity contribution < 1.29 is 28.4 Å². The van der Waals surface area contributed by atoms with Crippen molar-refractivity contribution in [2.75, 3.05) is 11.6 Å². The van der Waals surface area contributed by atoms with E-state index in [0.717, 1.165) is 27.2 Å². The second-order valence-corrected chi connectivity index (χ2v) is 9.55. The van der Waals surface area contributed by atoms with Crippen molar-refractivity contribution in [2.24, 2.45) is 0 Å². The predicted molar refractivity (Wildman–Crippen MR) is 140 cm³/mol. The smallest absolute Gasteiger partial charge is 0.307 e. The molecule has 1 atom stereocenters. The Morgan fingerprint density at radius 2 is 1.64 bits per heavy atom. The van der Waals surface area contributed by atoms with Gasteiger partial charge in [-0.2, -0.15) is 0 Å². The molecule has 0 fully saturated rings. The highest BCUT2D eigenvalue weighted by molar-refractivity contribution is 7.84. The fraction of sp³-hybridized carbons (Fsp3) is 0.143. The number of phenols is 1. The SMILES string of the molecule is CC(=O)Nc1ccc(O)cc1.CC1=C(CC(=O)O)c2cc(F)ccc2/C1=C\c1ccc(S(C)=O)cc1. The van der Waals surface area contributed by atoms with E-state index in [1.54, 1.807) is 36.6 Å². The monoisotopic (exact) mass is 507 g/mol. The van der Waals surface area contributed by atoms with Crippen LogP contribution in [0.2, 0.25) is 0 Å². The van der Waals surface area contributed by atoms with Gasteiger partial charge in [0.2, 0.25) is 5.91 Å². The first kappa shape index (κ1) is 26.6. The third-order valence-corrected chi connectivity index (χ3v) is 6.43. The Hall–Kier alpha value is -4.04. The molecule has 1 aliphatic rings. The molecule has 186 valence electrons. The number of halogens is 1. The molecule has 0 spiro atoms. The molecule has 0 saturated carbocycles. The van der Waals surface area contributed by atoms with E-state index in [0.29, 0.717) is 16.8 Å². The first-order valence-electron chi connectivity index (χ1n) is 11.0. The summed E-state index contributed by atoms with van der Waals surface area (Å²) < 4.78 is 25.1. The number of fused-ring (bicyclic) bond motifs is 1. The molecule has 1 aliphatic carbocycles. The quantitative estimate of drug-likeness (QED) is 0.384. The molecule has 1 amide bonds. The fourth-order valence-corrected chi connectivity index (χ4v) is 4.32. The molecule has 0 heterocycles. The van der Waals surface area contributed by atoms with Gasteiger partial charge in [0.25, 0.3) is 0 Å². The second kappa shape index (κ2) is 11.6. The molecule has 0 bridgehead atoms. The van der Waals surface area contributed by atoms with Gasteiger partial charge >= 0.3 is 5.97 Å². The van der Waals surface area contributed by atoms with Crippen molar-refractivity contribution in [3.05, 3.63) is 94.8 Å². The van der Waals surface area contributed by atoms with E-state index in [2.05, 4.69) is 5.32 Å². The second-order valence-electron chi connectivity index (χ2n) is 8.17. The number of nitrogens with one attached hydrogen (secondary N) is 1. The fourth-order valence-electron chi connectivity index (χ4n) is 3.80. The van der Waals surface area contributed by atoms with E-state index in [1.807, 2.05) is 25.1 Å². The van der Waals surface area contributed by atoms with Crippen molar-refractivity contribution in [3.63, 3.8) is 0 Å². The molecule has 36 heavy (non-hydrogen) atoms. The summed E-state index contributed by atoms with van der Waals surface area (Å²) >= 11 is 0. The molecule has 0 saturated heterocycles. The van der Waals surface area contributed by atoms with Gasteiger partial charge in [-0.15, -0.1) is 0 Å². The van der Waals surface area contributed by atoms with Crippen molar-refractivity contribution in [2.45, 2.75) is 25.2 Å². The van der Waals surface area contributed by atoms with Crippen LogP contribution in [-0.4, -0.2) is 32.6 Å². The van der Waals surface area contributed by atoms with Crippen LogP contribution < -0.4 is 5.32 Å². The number of carbonyl (C=O) groups is 2. The number of hydrogen-bond acceptors (Lipinski definition) is 4. The third kappa shape index (κ3) is 6.76. The van der Waals surface area contributed by atoms with E-state index in [-0.39, 0.29) is 23.9 Å². The van der Waals surface area contributed by atoms with Crippen LogP contribution in [0.25, 0.3) is 17.2 Å². The van der Waals surface area contributed by atoms with Crippen LogP contribution in [0.15, 0.2) is 77.2 Å². The highest BCUT2D eigenvalue weighted by Gasteiger charge is 2.25. The molecular weight excluding hydrogens is 481 g/mol. The number of carboxylic acid groups (broad SMARTS) is 1. The molecule has 0 aliphatic heterocycles. The number of aliphatic carboxylic acids is 1. The molecular formula is C28H26FNO5S. The van der Waals surface area contributed by atoms with Crippen LogP contribution >= 0.6 is 0 Å². The van der Waals surface area contributed by atoms with Crippen molar-refractivity contribution >= 4 is 45.6 Å². The van der Waals surface area contributed by atoms with Crippen LogP contribution in [0.3, 0.4) is 0 Å². The summed E-state index contributed by atoms with van der Waals surface area (Å²) in [6.07, 6.45) is 3.43. The number of rotatable bonds is 5. The molecule has 8 heteroatoms. The van der Waals surface area contributed by atoms with Gasteiger partial charge in [0, 0.05) is 34.6 Å². The number of aromatic hydroxyl groups is 1. The summed E-state index contributed by atoms with van der Waals surface area (Å²) in [5.74, 6) is -1.25. The zero-order valence-electron chi connectivity index (χ0n) is 20.0. The Morgan fingerprint density at radius 1 is 1.00 bits per heavy atom. The number of allylic oxidation sites excluding steroid dienone is 2. The largest absolute Gasteiger partial charge is 0.508 e. The van der Waals surface area contributed by atoms with Crippen molar-refractivity contribution in [1.82, 2.24) is 0 Å². The number of anilines is 1. The molecule has 0 aromatic heterocycles. The maximum atomic E-state index is 13.7. The average molecular weight is 508 g/mol. The molecule has 3 aromatic rings. The van der Waals surface area contributed by atoms with E-state index in [4.69, 9.17) is 10.2 Å². The number of benzene rings is 3. The van der Waals surface area contributed by atoms with Gasteiger partial charge in [0.15, 0.2) is 0 Å². The summed E-state index contributed by atoms with van der Waals surface area (Å²) in [6, 6.07) is 18.1. The number of carbonyl (C=O) groups excluding carboxylic acids is 1. The molecule has 4 rings (SSSR count). The first-order chi connectivity index (χ1) is 17.0. The van der Waals surface area contributed by atoms with Crippen LogP contribution in [0.4, 0.5) is 10.1 Å². The number of carboxylic acids is 1. The van der Waals surface area contributed by atoms with Crippen LogP contribution in [0.1, 0.15) is 37.0 Å². The third-order valence-electron chi connectivity index (χ3n) is 5.49. The lowest BCUT2D eigenvalue weighted by molar-refractivity contribution is -0.135. The minimum absolute atomic E-state index is 0.115. The lowest BCUT2D eigenvalue weighted by Crippen LogP contribution is -2.04. The molecule has 3 aromatic carbocycles. The Kier molecular flexibility index (Phi) is 8.55. The van der Waals surface area contributed by atoms with Crippen LogP contribution in [-0.2, 0) is 20.4 Å². The van der Waals surface area contributed by atoms with Gasteiger partial charge in [-0.25, -0.2) is 4.39 Å². The van der Waals surface area contributed by atoms with Crippen LogP contribution in [0.5, 0.6) is 5.75 Å². The van der Waals surface area contributed by atoms with E-state index >= 15 is 0 Å². The highest BCUT2D eigenvalue weighted by Crippen LogP contribution is 2.43. The molecule has 6 nitrogen and oxygen atoms in total. The van der Waals surface area contributed by atoms with Crippen molar-refractivity contribution in [1.29, 1.82) is 0 Å². The lowest BCUT2D eigenvalue weighted by Gasteiger charge is -2.05. The van der Waals surface area contributed by atoms with Gasteiger partial charge in [0.1, 0.15) is 11.6 Å². The van der Waals surface area contributed by atoms with Crippen LogP contribution in [0, 0.1) is 5.82 Å². The Bertz CT molecular complexity index is 1380. The van der Waals surface area contributed by atoms with Gasteiger partial charge in [-0.3, -0.25) is 13.8 Å². The standard InChI is InChI=1S/C20H17FO3S.C8H9NO2/c1-12-17(9-13-3-6-15(7-4-13)25(2)24)16-8-5-14(21)10-19(16)18(12)11-20(22)23;1-6(10)9-7-2-4-8(11)5-3-7/h3-10H,11H2,1-2H3,(H,22,23);2-5,11H,1H3,(H,9,10)/b17-9-;. The van der Waals surface area contributed by atoms with E-state index in [1.165, 1.54) is 31.2 Å². The minimum Gasteiger partial charge on any atom is -0.508 e. The van der Waals surface area contributed by atoms with Crippen molar-refractivity contribution in [3.8, 4) is 5.75 Å².